The van der Waals surface area contributed by atoms with E-state index in [2.05, 4.69) is 30.3 Å². The highest BCUT2D eigenvalue weighted by Crippen LogP contribution is 2.28. The van der Waals surface area contributed by atoms with Crippen LogP contribution in [0.5, 0.6) is 0 Å². The van der Waals surface area contributed by atoms with Gasteiger partial charge in [-0.25, -0.2) is 0 Å². The number of hydrogen-bond donors (Lipinski definition) is 1. The molecule has 0 aliphatic heterocycles. The van der Waals surface area contributed by atoms with Gasteiger partial charge in [0.15, 0.2) is 0 Å². The molecule has 1 heterocycles. The number of nitrogens with zero attached hydrogens (tertiary/aromatic N) is 2. The van der Waals surface area contributed by atoms with Crippen LogP contribution in [-0.4, -0.2) is 15.8 Å². The standard InChI is InChI=1S/C13H23N3/c1-10-6-11(2)8-12(7-10)14-9-13-4-5-15-16(13)3/h4-5,10-12,14H,6-9H2,1-3H3. The molecule has 0 saturated heterocycles. The van der Waals surface area contributed by atoms with Crippen LogP contribution in [0.1, 0.15) is 38.8 Å². The fourth-order valence-corrected chi connectivity index (χ4v) is 2.94. The van der Waals surface area contributed by atoms with Crippen molar-refractivity contribution in [3.63, 3.8) is 0 Å². The minimum absolute atomic E-state index is 0.689. The summed E-state index contributed by atoms with van der Waals surface area (Å²) in [4.78, 5) is 0. The molecular weight excluding hydrogens is 198 g/mol. The minimum Gasteiger partial charge on any atom is -0.308 e. The van der Waals surface area contributed by atoms with Gasteiger partial charge in [0, 0.05) is 25.8 Å². The van der Waals surface area contributed by atoms with Crippen molar-refractivity contribution in [1.82, 2.24) is 15.1 Å². The number of aryl methyl sites for hydroxylation is 1. The number of hydrogen-bond acceptors (Lipinski definition) is 2. The Balaban J connectivity index is 1.84. The third-order valence-electron chi connectivity index (χ3n) is 3.67. The lowest BCUT2D eigenvalue weighted by Crippen LogP contribution is -2.36. The van der Waals surface area contributed by atoms with Gasteiger partial charge in [-0.3, -0.25) is 4.68 Å². The highest BCUT2D eigenvalue weighted by atomic mass is 15.3. The molecule has 2 rings (SSSR count). The second kappa shape index (κ2) is 5.00. The normalized spacial score (nSPS) is 30.6. The van der Waals surface area contributed by atoms with Gasteiger partial charge in [0.2, 0.25) is 0 Å². The van der Waals surface area contributed by atoms with Crippen LogP contribution in [0.25, 0.3) is 0 Å². The molecule has 2 atom stereocenters. The first kappa shape index (κ1) is 11.6. The van der Waals surface area contributed by atoms with E-state index < -0.39 is 0 Å². The fourth-order valence-electron chi connectivity index (χ4n) is 2.94. The van der Waals surface area contributed by atoms with E-state index >= 15 is 0 Å². The quantitative estimate of drug-likeness (QED) is 0.849. The second-order valence-corrected chi connectivity index (χ2v) is 5.44. The van der Waals surface area contributed by atoms with E-state index in [0.29, 0.717) is 6.04 Å². The van der Waals surface area contributed by atoms with Crippen LogP contribution in [0.2, 0.25) is 0 Å². The third kappa shape index (κ3) is 2.85. The van der Waals surface area contributed by atoms with Gasteiger partial charge in [0.05, 0.1) is 5.69 Å². The van der Waals surface area contributed by atoms with Gasteiger partial charge in [-0.15, -0.1) is 0 Å². The molecule has 3 heteroatoms. The van der Waals surface area contributed by atoms with Crippen LogP contribution in [0.4, 0.5) is 0 Å². The third-order valence-corrected chi connectivity index (χ3v) is 3.67. The monoisotopic (exact) mass is 221 g/mol. The van der Waals surface area contributed by atoms with Crippen LogP contribution in [-0.2, 0) is 13.6 Å². The second-order valence-electron chi connectivity index (χ2n) is 5.44. The summed E-state index contributed by atoms with van der Waals surface area (Å²) in [6.07, 6.45) is 5.90. The number of nitrogens with one attached hydrogen (secondary N) is 1. The van der Waals surface area contributed by atoms with Crippen LogP contribution < -0.4 is 5.32 Å². The Hall–Kier alpha value is -0.830. The van der Waals surface area contributed by atoms with Gasteiger partial charge in [-0.05, 0) is 37.2 Å². The molecule has 0 aromatic carbocycles. The van der Waals surface area contributed by atoms with Crippen molar-refractivity contribution < 1.29 is 0 Å². The van der Waals surface area contributed by atoms with Crippen molar-refractivity contribution >= 4 is 0 Å². The molecule has 0 radical (unpaired) electrons. The summed E-state index contributed by atoms with van der Waals surface area (Å²) < 4.78 is 1.95. The molecule has 3 nitrogen and oxygen atoms in total. The Kier molecular flexibility index (Phi) is 3.64. The van der Waals surface area contributed by atoms with E-state index in [4.69, 9.17) is 0 Å². The zero-order valence-corrected chi connectivity index (χ0v) is 10.6. The summed E-state index contributed by atoms with van der Waals surface area (Å²) in [5.74, 6) is 1.74. The van der Waals surface area contributed by atoms with Crippen molar-refractivity contribution in [1.29, 1.82) is 0 Å². The lowest BCUT2D eigenvalue weighted by molar-refractivity contribution is 0.237. The minimum atomic E-state index is 0.689. The van der Waals surface area contributed by atoms with Gasteiger partial charge in [-0.1, -0.05) is 13.8 Å². The molecule has 1 aromatic rings. The molecule has 2 unspecified atom stereocenters. The molecule has 90 valence electrons. The Labute approximate surface area is 98.2 Å². The average Bonchev–Trinajstić information content (AvgIpc) is 2.59. The maximum Gasteiger partial charge on any atom is 0.0518 e. The molecule has 1 saturated carbocycles. The molecule has 1 aromatic heterocycles. The van der Waals surface area contributed by atoms with E-state index in [1.807, 2.05) is 17.9 Å². The first-order valence-electron chi connectivity index (χ1n) is 6.35. The van der Waals surface area contributed by atoms with Crippen molar-refractivity contribution in [3.05, 3.63) is 18.0 Å². The lowest BCUT2D eigenvalue weighted by atomic mass is 9.80. The summed E-state index contributed by atoms with van der Waals surface area (Å²) in [5.41, 5.74) is 1.27. The highest BCUT2D eigenvalue weighted by molar-refractivity contribution is 4.99. The molecule has 1 aliphatic rings. The first-order valence-corrected chi connectivity index (χ1v) is 6.35. The largest absolute Gasteiger partial charge is 0.308 e. The predicted octanol–water partition coefficient (Wildman–Crippen LogP) is 2.33. The maximum atomic E-state index is 4.19. The Bertz CT molecular complexity index is 322. The first-order chi connectivity index (χ1) is 7.65. The molecule has 1 N–H and O–H groups in total. The Morgan fingerprint density at radius 2 is 2.00 bits per heavy atom. The highest BCUT2D eigenvalue weighted by Gasteiger charge is 2.23. The average molecular weight is 221 g/mol. The van der Waals surface area contributed by atoms with E-state index in [9.17, 15) is 0 Å². The van der Waals surface area contributed by atoms with Gasteiger partial charge < -0.3 is 5.32 Å². The van der Waals surface area contributed by atoms with E-state index in [1.165, 1.54) is 25.0 Å². The Morgan fingerprint density at radius 1 is 1.31 bits per heavy atom. The van der Waals surface area contributed by atoms with Crippen LogP contribution >= 0.6 is 0 Å². The zero-order chi connectivity index (χ0) is 11.5. The summed E-state index contributed by atoms with van der Waals surface area (Å²) in [5, 5.41) is 7.85. The molecule has 0 spiro atoms. The van der Waals surface area contributed by atoms with Gasteiger partial charge in [0.25, 0.3) is 0 Å². The van der Waals surface area contributed by atoms with E-state index in [-0.39, 0.29) is 0 Å². The SMILES string of the molecule is CC1CC(C)CC(NCc2ccnn2C)C1. The summed E-state index contributed by atoms with van der Waals surface area (Å²) in [6, 6.07) is 2.77. The van der Waals surface area contributed by atoms with Crippen molar-refractivity contribution in [2.45, 2.75) is 45.7 Å². The smallest absolute Gasteiger partial charge is 0.0518 e. The molecule has 1 aliphatic carbocycles. The van der Waals surface area contributed by atoms with Crippen LogP contribution in [0, 0.1) is 11.8 Å². The topological polar surface area (TPSA) is 29.9 Å². The van der Waals surface area contributed by atoms with E-state index in [0.717, 1.165) is 18.4 Å². The summed E-state index contributed by atoms with van der Waals surface area (Å²) in [7, 11) is 2.00. The van der Waals surface area contributed by atoms with Crippen LogP contribution in [0.3, 0.4) is 0 Å². The van der Waals surface area contributed by atoms with Crippen molar-refractivity contribution in [3.8, 4) is 0 Å². The van der Waals surface area contributed by atoms with Gasteiger partial charge >= 0.3 is 0 Å². The maximum absolute atomic E-state index is 4.19. The van der Waals surface area contributed by atoms with Crippen molar-refractivity contribution in [2.75, 3.05) is 0 Å². The summed E-state index contributed by atoms with van der Waals surface area (Å²) in [6.45, 7) is 5.68. The molecule has 16 heavy (non-hydrogen) atoms. The fraction of sp³-hybridized carbons (Fsp3) is 0.769. The van der Waals surface area contributed by atoms with Gasteiger partial charge in [-0.2, -0.15) is 5.10 Å². The molecular formula is C13H23N3. The number of rotatable bonds is 3. The molecule has 0 bridgehead atoms. The van der Waals surface area contributed by atoms with E-state index in [1.54, 1.807) is 0 Å². The zero-order valence-electron chi connectivity index (χ0n) is 10.6. The Morgan fingerprint density at radius 3 is 2.56 bits per heavy atom. The lowest BCUT2D eigenvalue weighted by Gasteiger charge is -2.32. The number of aromatic nitrogens is 2. The van der Waals surface area contributed by atoms with Crippen LogP contribution in [0.15, 0.2) is 12.3 Å². The van der Waals surface area contributed by atoms with Gasteiger partial charge in [0.1, 0.15) is 0 Å². The molecule has 0 amide bonds. The summed E-state index contributed by atoms with van der Waals surface area (Å²) >= 11 is 0. The van der Waals surface area contributed by atoms with Crippen molar-refractivity contribution in [2.24, 2.45) is 18.9 Å². The molecule has 1 fully saturated rings. The predicted molar refractivity (Wildman–Crippen MR) is 66.0 cm³/mol.